The number of amides is 3. The van der Waals surface area contributed by atoms with Gasteiger partial charge < -0.3 is 5.32 Å². The Morgan fingerprint density at radius 2 is 1.73 bits per heavy atom. The number of nitro groups is 1. The van der Waals surface area contributed by atoms with Crippen LogP contribution in [0.1, 0.15) is 62.5 Å². The Kier molecular flexibility index (Phi) is 6.06. The van der Waals surface area contributed by atoms with E-state index in [-0.39, 0.29) is 11.1 Å². The lowest BCUT2D eigenvalue weighted by Gasteiger charge is -2.21. The largest absolute Gasteiger partial charge is 0.343 e. The van der Waals surface area contributed by atoms with Crippen LogP contribution < -0.4 is 5.32 Å². The molecule has 2 heterocycles. The molecule has 1 aliphatic heterocycles. The third kappa shape index (κ3) is 4.27. The number of nitrogens with one attached hydrogen (secondary N) is 1. The summed E-state index contributed by atoms with van der Waals surface area (Å²) >= 11 is 1.48. The molecule has 0 radical (unpaired) electrons. The molecule has 8 nitrogen and oxygen atoms in total. The van der Waals surface area contributed by atoms with Crippen molar-refractivity contribution in [1.29, 1.82) is 0 Å². The molecule has 0 fully saturated rings. The second kappa shape index (κ2) is 8.95. The average molecular weight is 464 g/mol. The fraction of sp³-hybridized carbons (Fsp3) is 0.208. The smallest absolute Gasteiger partial charge is 0.282 e. The van der Waals surface area contributed by atoms with E-state index in [4.69, 9.17) is 0 Å². The molecule has 4 rings (SSSR count). The number of hydrogen-bond donors (Lipinski definition) is 1. The predicted octanol–water partition coefficient (Wildman–Crippen LogP) is 4.28. The maximum atomic E-state index is 12.9. The second-order valence-corrected chi connectivity index (χ2v) is 8.97. The monoisotopic (exact) mass is 463 g/mol. The lowest BCUT2D eigenvalue weighted by atomic mass is 9.98. The lowest BCUT2D eigenvalue weighted by Crippen LogP contribution is -2.41. The number of rotatable bonds is 7. The van der Waals surface area contributed by atoms with Crippen molar-refractivity contribution in [3.63, 3.8) is 0 Å². The van der Waals surface area contributed by atoms with E-state index < -0.39 is 40.9 Å². The van der Waals surface area contributed by atoms with Crippen LogP contribution in [0.4, 0.5) is 5.69 Å². The maximum Gasteiger partial charge on any atom is 0.282 e. The highest BCUT2D eigenvalue weighted by atomic mass is 32.1. The quantitative estimate of drug-likeness (QED) is 0.319. The summed E-state index contributed by atoms with van der Waals surface area (Å²) in [6.45, 7) is 3.66. The van der Waals surface area contributed by atoms with E-state index in [0.29, 0.717) is 5.92 Å². The summed E-state index contributed by atoms with van der Waals surface area (Å²) in [6, 6.07) is 15.1. The van der Waals surface area contributed by atoms with Gasteiger partial charge >= 0.3 is 0 Å². The van der Waals surface area contributed by atoms with Gasteiger partial charge in [0.25, 0.3) is 17.5 Å². The van der Waals surface area contributed by atoms with Crippen molar-refractivity contribution in [3.8, 4) is 0 Å². The van der Waals surface area contributed by atoms with Crippen LogP contribution in [-0.4, -0.2) is 34.1 Å². The molecule has 1 atom stereocenters. The van der Waals surface area contributed by atoms with Crippen molar-refractivity contribution in [1.82, 2.24) is 10.2 Å². The molecule has 168 valence electrons. The highest BCUT2D eigenvalue weighted by Crippen LogP contribution is 2.31. The van der Waals surface area contributed by atoms with E-state index in [0.717, 1.165) is 15.3 Å². The van der Waals surface area contributed by atoms with Crippen LogP contribution in [0.5, 0.6) is 0 Å². The fourth-order valence-corrected chi connectivity index (χ4v) is 4.61. The molecule has 3 aromatic rings. The van der Waals surface area contributed by atoms with Gasteiger partial charge in [0.15, 0.2) is 0 Å². The highest BCUT2D eigenvalue weighted by Gasteiger charge is 2.41. The summed E-state index contributed by atoms with van der Waals surface area (Å²) in [5.74, 6) is -1.74. The minimum Gasteiger partial charge on any atom is -0.343 e. The summed E-state index contributed by atoms with van der Waals surface area (Å²) in [4.78, 5) is 50.6. The van der Waals surface area contributed by atoms with Crippen molar-refractivity contribution >= 4 is 34.7 Å². The zero-order valence-electron chi connectivity index (χ0n) is 18.0. The van der Waals surface area contributed by atoms with E-state index in [1.165, 1.54) is 35.1 Å². The summed E-state index contributed by atoms with van der Waals surface area (Å²) < 4.78 is 0. The molecule has 0 bridgehead atoms. The summed E-state index contributed by atoms with van der Waals surface area (Å²) in [6.07, 6.45) is 0. The number of carbonyl (C=O) groups excluding carboxylic acids is 3. The molecule has 1 unspecified atom stereocenters. The van der Waals surface area contributed by atoms with E-state index in [2.05, 4.69) is 19.2 Å². The Bertz CT molecular complexity index is 1240. The zero-order chi connectivity index (χ0) is 23.7. The third-order valence-electron chi connectivity index (χ3n) is 5.54. The number of benzene rings is 2. The van der Waals surface area contributed by atoms with Gasteiger partial charge in [0, 0.05) is 10.9 Å². The molecular weight excluding hydrogens is 442 g/mol. The Balaban J connectivity index is 1.56. The highest BCUT2D eigenvalue weighted by molar-refractivity contribution is 7.10. The molecule has 33 heavy (non-hydrogen) atoms. The summed E-state index contributed by atoms with van der Waals surface area (Å²) in [5.41, 5.74) is 1.24. The Morgan fingerprint density at radius 3 is 2.33 bits per heavy atom. The molecule has 9 heteroatoms. The van der Waals surface area contributed by atoms with Gasteiger partial charge in [-0.15, -0.1) is 11.3 Å². The molecule has 2 aromatic carbocycles. The van der Waals surface area contributed by atoms with Gasteiger partial charge in [0.2, 0.25) is 5.91 Å². The first-order chi connectivity index (χ1) is 15.8. The standard InChI is InChI=1S/C24H21N3O5S/c1-14(2)15-8-10-16(11-9-15)22(19-7-4-12-33-19)25-20(28)13-26-23(29)17-5-3-6-18(27(31)32)21(17)24(26)30/h3-12,14,22H,13H2,1-2H3,(H,25,28). The molecule has 1 aliphatic rings. The maximum absolute atomic E-state index is 12.9. The van der Waals surface area contributed by atoms with Crippen molar-refractivity contribution < 1.29 is 19.3 Å². The first kappa shape index (κ1) is 22.3. The van der Waals surface area contributed by atoms with Crippen LogP contribution in [0.25, 0.3) is 0 Å². The van der Waals surface area contributed by atoms with E-state index in [1.54, 1.807) is 0 Å². The van der Waals surface area contributed by atoms with Crippen molar-refractivity contribution in [2.75, 3.05) is 6.54 Å². The molecule has 0 saturated heterocycles. The molecule has 1 N–H and O–H groups in total. The van der Waals surface area contributed by atoms with Crippen LogP contribution in [0, 0.1) is 10.1 Å². The van der Waals surface area contributed by atoms with Gasteiger partial charge in [-0.25, -0.2) is 0 Å². The van der Waals surface area contributed by atoms with Gasteiger partial charge in [-0.2, -0.15) is 0 Å². The minimum atomic E-state index is -0.841. The first-order valence-electron chi connectivity index (χ1n) is 10.3. The van der Waals surface area contributed by atoms with Crippen molar-refractivity contribution in [2.45, 2.75) is 25.8 Å². The summed E-state index contributed by atoms with van der Waals surface area (Å²) in [5, 5.41) is 16.1. The number of imide groups is 1. The first-order valence-corrected chi connectivity index (χ1v) is 11.2. The fourth-order valence-electron chi connectivity index (χ4n) is 3.81. The van der Waals surface area contributed by atoms with Gasteiger partial charge in [-0.1, -0.05) is 50.2 Å². The van der Waals surface area contributed by atoms with Gasteiger partial charge in [-0.05, 0) is 34.6 Å². The number of hydrogen-bond acceptors (Lipinski definition) is 6. The average Bonchev–Trinajstić information content (AvgIpc) is 3.41. The normalized spacial score (nSPS) is 13.8. The van der Waals surface area contributed by atoms with Crippen LogP contribution in [-0.2, 0) is 4.79 Å². The van der Waals surface area contributed by atoms with Crippen LogP contribution in [0.3, 0.4) is 0 Å². The van der Waals surface area contributed by atoms with Gasteiger partial charge in [0.1, 0.15) is 12.1 Å². The number of thiophene rings is 1. The third-order valence-corrected chi connectivity index (χ3v) is 6.48. The number of fused-ring (bicyclic) bond motifs is 1. The Labute approximate surface area is 194 Å². The van der Waals surface area contributed by atoms with Gasteiger partial charge in [0.05, 0.1) is 16.5 Å². The van der Waals surface area contributed by atoms with E-state index >= 15 is 0 Å². The van der Waals surface area contributed by atoms with E-state index in [1.807, 2.05) is 41.8 Å². The molecule has 0 aliphatic carbocycles. The Morgan fingerprint density at radius 1 is 1.03 bits per heavy atom. The second-order valence-electron chi connectivity index (χ2n) is 7.99. The molecule has 0 saturated carbocycles. The molecule has 1 aromatic heterocycles. The van der Waals surface area contributed by atoms with Gasteiger partial charge in [-0.3, -0.25) is 29.4 Å². The van der Waals surface area contributed by atoms with Crippen molar-refractivity contribution in [2.24, 2.45) is 0 Å². The summed E-state index contributed by atoms with van der Waals surface area (Å²) in [7, 11) is 0. The molecule has 3 amide bonds. The van der Waals surface area contributed by atoms with Crippen molar-refractivity contribution in [3.05, 3.63) is 97.2 Å². The van der Waals surface area contributed by atoms with Crippen LogP contribution >= 0.6 is 11.3 Å². The zero-order valence-corrected chi connectivity index (χ0v) is 18.8. The van der Waals surface area contributed by atoms with Crippen LogP contribution in [0.2, 0.25) is 0 Å². The SMILES string of the molecule is CC(C)c1ccc(C(NC(=O)CN2C(=O)c3cccc([N+](=O)[O-])c3C2=O)c2cccs2)cc1. The minimum absolute atomic E-state index is 0.0684. The number of nitrogens with zero attached hydrogens (tertiary/aromatic N) is 2. The lowest BCUT2D eigenvalue weighted by molar-refractivity contribution is -0.385. The van der Waals surface area contributed by atoms with E-state index in [9.17, 15) is 24.5 Å². The van der Waals surface area contributed by atoms with Crippen LogP contribution in [0.15, 0.2) is 60.0 Å². The number of nitro benzene ring substituents is 1. The topological polar surface area (TPSA) is 110 Å². The molecular formula is C24H21N3O5S. The Hall–Kier alpha value is -3.85. The number of carbonyl (C=O) groups is 3. The molecule has 0 spiro atoms. The predicted molar refractivity (Wildman–Crippen MR) is 123 cm³/mol.